The number of phenols is 1. The van der Waals surface area contributed by atoms with Crippen LogP contribution in [0.4, 0.5) is 0 Å². The zero-order chi connectivity index (χ0) is 12.3. The van der Waals surface area contributed by atoms with Crippen molar-refractivity contribution in [3.8, 4) is 5.75 Å². The minimum atomic E-state index is -1.12. The van der Waals surface area contributed by atoms with Crippen molar-refractivity contribution in [2.45, 2.75) is 9.79 Å². The van der Waals surface area contributed by atoms with E-state index in [0.29, 0.717) is 4.90 Å². The number of benzene rings is 2. The minimum absolute atomic E-state index is 0.0543. The van der Waals surface area contributed by atoms with Gasteiger partial charge in [-0.05, 0) is 24.3 Å². The number of carboxylic acid groups (broad SMARTS) is 1. The van der Waals surface area contributed by atoms with E-state index < -0.39 is 5.97 Å². The molecule has 0 aliphatic carbocycles. The van der Waals surface area contributed by atoms with Crippen molar-refractivity contribution in [2.24, 2.45) is 0 Å². The number of carboxylic acids is 1. The van der Waals surface area contributed by atoms with Gasteiger partial charge in [0.25, 0.3) is 0 Å². The maximum atomic E-state index is 11.1. The summed E-state index contributed by atoms with van der Waals surface area (Å²) < 4.78 is 0. The summed E-state index contributed by atoms with van der Waals surface area (Å²) in [4.78, 5) is 12.5. The van der Waals surface area contributed by atoms with Crippen LogP contribution in [0.3, 0.4) is 0 Å². The zero-order valence-corrected chi connectivity index (χ0v) is 9.65. The highest BCUT2D eigenvalue weighted by Crippen LogP contribution is 2.34. The number of aromatic hydroxyl groups is 1. The van der Waals surface area contributed by atoms with Crippen molar-refractivity contribution in [2.75, 3.05) is 0 Å². The molecule has 0 spiro atoms. The van der Waals surface area contributed by atoms with Gasteiger partial charge in [-0.25, -0.2) is 4.79 Å². The lowest BCUT2D eigenvalue weighted by molar-refractivity contribution is 0.0690. The first-order valence-corrected chi connectivity index (χ1v) is 5.78. The second-order valence-corrected chi connectivity index (χ2v) is 4.49. The van der Waals surface area contributed by atoms with Crippen LogP contribution in [0, 0.1) is 0 Å². The van der Waals surface area contributed by atoms with Gasteiger partial charge in [-0.3, -0.25) is 0 Å². The van der Waals surface area contributed by atoms with Crippen LogP contribution in [-0.2, 0) is 0 Å². The lowest BCUT2D eigenvalue weighted by atomic mass is 10.2. The van der Waals surface area contributed by atoms with Crippen molar-refractivity contribution < 1.29 is 15.0 Å². The molecule has 0 unspecified atom stereocenters. The first-order valence-electron chi connectivity index (χ1n) is 4.96. The monoisotopic (exact) mass is 246 g/mol. The molecule has 2 aromatic carbocycles. The molecule has 4 heteroatoms. The van der Waals surface area contributed by atoms with Gasteiger partial charge in [-0.15, -0.1) is 0 Å². The maximum absolute atomic E-state index is 11.1. The SMILES string of the molecule is O=C(O)c1c(O)cccc1Sc1ccccc1. The molecule has 0 heterocycles. The van der Waals surface area contributed by atoms with E-state index in [-0.39, 0.29) is 11.3 Å². The number of rotatable bonds is 3. The Kier molecular flexibility index (Phi) is 3.35. The van der Waals surface area contributed by atoms with Crippen molar-refractivity contribution in [3.63, 3.8) is 0 Å². The Morgan fingerprint density at radius 2 is 1.71 bits per heavy atom. The maximum Gasteiger partial charge on any atom is 0.340 e. The molecular formula is C13H10O3S. The van der Waals surface area contributed by atoms with Crippen LogP contribution in [0.25, 0.3) is 0 Å². The summed E-state index contributed by atoms with van der Waals surface area (Å²) in [5.74, 6) is -1.33. The smallest absolute Gasteiger partial charge is 0.340 e. The third-order valence-electron chi connectivity index (χ3n) is 2.19. The molecule has 86 valence electrons. The van der Waals surface area contributed by atoms with Gasteiger partial charge in [0.05, 0.1) is 0 Å². The van der Waals surface area contributed by atoms with Gasteiger partial charge >= 0.3 is 5.97 Å². The molecule has 0 fully saturated rings. The van der Waals surface area contributed by atoms with Gasteiger partial charge in [-0.2, -0.15) is 0 Å². The lowest BCUT2D eigenvalue weighted by Crippen LogP contribution is -1.99. The van der Waals surface area contributed by atoms with Crippen LogP contribution >= 0.6 is 11.8 Å². The lowest BCUT2D eigenvalue weighted by Gasteiger charge is -2.07. The van der Waals surface area contributed by atoms with E-state index in [1.165, 1.54) is 17.8 Å². The van der Waals surface area contributed by atoms with Gasteiger partial charge in [0.15, 0.2) is 0 Å². The first kappa shape index (κ1) is 11.5. The molecule has 2 rings (SSSR count). The van der Waals surface area contributed by atoms with Gasteiger partial charge < -0.3 is 10.2 Å². The Bertz CT molecular complexity index is 538. The van der Waals surface area contributed by atoms with E-state index in [0.717, 1.165) is 4.90 Å². The van der Waals surface area contributed by atoms with Crippen LogP contribution in [-0.4, -0.2) is 16.2 Å². The predicted octanol–water partition coefficient (Wildman–Crippen LogP) is 3.24. The minimum Gasteiger partial charge on any atom is -0.507 e. The molecule has 17 heavy (non-hydrogen) atoms. The highest BCUT2D eigenvalue weighted by Gasteiger charge is 2.15. The standard InChI is InChI=1S/C13H10O3S/c14-10-7-4-8-11(12(10)13(15)16)17-9-5-2-1-3-6-9/h1-8,14H,(H,15,16). The van der Waals surface area contributed by atoms with E-state index >= 15 is 0 Å². The Labute approximate surface area is 103 Å². The van der Waals surface area contributed by atoms with E-state index in [2.05, 4.69) is 0 Å². The van der Waals surface area contributed by atoms with Crippen LogP contribution in [0.5, 0.6) is 5.75 Å². The van der Waals surface area contributed by atoms with E-state index in [1.807, 2.05) is 30.3 Å². The fourth-order valence-electron chi connectivity index (χ4n) is 1.44. The number of hydrogen-bond donors (Lipinski definition) is 2. The second-order valence-electron chi connectivity index (χ2n) is 3.37. The zero-order valence-electron chi connectivity index (χ0n) is 8.83. The molecule has 0 amide bonds. The normalized spacial score (nSPS) is 10.1. The number of carbonyl (C=O) groups is 1. The fourth-order valence-corrected chi connectivity index (χ4v) is 2.42. The summed E-state index contributed by atoms with van der Waals surface area (Å²) in [6, 6.07) is 14.1. The molecule has 2 aromatic rings. The van der Waals surface area contributed by atoms with Crippen LogP contribution in [0.15, 0.2) is 58.3 Å². The summed E-state index contributed by atoms with van der Waals surface area (Å²) in [6.07, 6.45) is 0. The number of aromatic carboxylic acids is 1. The average Bonchev–Trinajstić information content (AvgIpc) is 2.30. The van der Waals surface area contributed by atoms with Crippen molar-refractivity contribution in [1.82, 2.24) is 0 Å². The van der Waals surface area contributed by atoms with Crippen molar-refractivity contribution in [1.29, 1.82) is 0 Å². The quantitative estimate of drug-likeness (QED) is 0.872. The molecule has 0 bridgehead atoms. The Morgan fingerprint density at radius 1 is 1.00 bits per heavy atom. The summed E-state index contributed by atoms with van der Waals surface area (Å²) in [6.45, 7) is 0. The Hall–Kier alpha value is -1.94. The Balaban J connectivity index is 2.40. The molecule has 0 atom stereocenters. The topological polar surface area (TPSA) is 57.5 Å². The van der Waals surface area contributed by atoms with Gasteiger partial charge in [0.2, 0.25) is 0 Å². The highest BCUT2D eigenvalue weighted by atomic mass is 32.2. The summed E-state index contributed by atoms with van der Waals surface area (Å²) in [5.41, 5.74) is -0.0543. The van der Waals surface area contributed by atoms with E-state index in [4.69, 9.17) is 5.11 Å². The van der Waals surface area contributed by atoms with Gasteiger partial charge in [0.1, 0.15) is 11.3 Å². The van der Waals surface area contributed by atoms with Crippen LogP contribution in [0.2, 0.25) is 0 Å². The molecular weight excluding hydrogens is 236 g/mol. The Morgan fingerprint density at radius 3 is 2.35 bits per heavy atom. The average molecular weight is 246 g/mol. The van der Waals surface area contributed by atoms with Gasteiger partial charge in [-0.1, -0.05) is 36.0 Å². The molecule has 0 aliphatic heterocycles. The summed E-state index contributed by atoms with van der Waals surface area (Å²) >= 11 is 1.32. The predicted molar refractivity (Wildman–Crippen MR) is 65.6 cm³/mol. The molecule has 0 aliphatic rings. The molecule has 0 radical (unpaired) electrons. The van der Waals surface area contributed by atoms with E-state index in [9.17, 15) is 9.90 Å². The second kappa shape index (κ2) is 4.93. The molecule has 0 aromatic heterocycles. The molecule has 2 N–H and O–H groups in total. The fraction of sp³-hybridized carbons (Fsp3) is 0. The van der Waals surface area contributed by atoms with Crippen LogP contribution < -0.4 is 0 Å². The van der Waals surface area contributed by atoms with Crippen molar-refractivity contribution >= 4 is 17.7 Å². The largest absolute Gasteiger partial charge is 0.507 e. The number of hydrogen-bond acceptors (Lipinski definition) is 3. The first-order chi connectivity index (χ1) is 8.18. The molecule has 0 saturated heterocycles. The van der Waals surface area contributed by atoms with Crippen LogP contribution in [0.1, 0.15) is 10.4 Å². The third kappa shape index (κ3) is 2.60. The summed E-state index contributed by atoms with van der Waals surface area (Å²) in [7, 11) is 0. The van der Waals surface area contributed by atoms with Crippen molar-refractivity contribution in [3.05, 3.63) is 54.1 Å². The third-order valence-corrected chi connectivity index (χ3v) is 3.26. The van der Waals surface area contributed by atoms with Gasteiger partial charge in [0, 0.05) is 9.79 Å². The summed E-state index contributed by atoms with van der Waals surface area (Å²) in [5, 5.41) is 18.6. The highest BCUT2D eigenvalue weighted by molar-refractivity contribution is 7.99. The molecule has 3 nitrogen and oxygen atoms in total. The molecule has 0 saturated carbocycles. The van der Waals surface area contributed by atoms with E-state index in [1.54, 1.807) is 12.1 Å².